The Morgan fingerprint density at radius 3 is 2.24 bits per heavy atom. The van der Waals surface area contributed by atoms with Gasteiger partial charge in [-0.05, 0) is 44.2 Å². The Labute approximate surface area is 152 Å². The van der Waals surface area contributed by atoms with E-state index in [2.05, 4.69) is 10.0 Å². The lowest BCUT2D eigenvalue weighted by Crippen LogP contribution is -2.22. The summed E-state index contributed by atoms with van der Waals surface area (Å²) in [5, 5.41) is 3.03. The lowest BCUT2D eigenvalue weighted by atomic mass is 10.2. The molecule has 0 bridgehead atoms. The molecular weight excluding hydrogens is 382 g/mol. The third-order valence-electron chi connectivity index (χ3n) is 3.36. The summed E-state index contributed by atoms with van der Waals surface area (Å²) in [6, 6.07) is 7.57. The van der Waals surface area contributed by atoms with E-state index in [1.807, 2.05) is 13.8 Å². The summed E-state index contributed by atoms with van der Waals surface area (Å²) in [5.74, 6) is 0. The Bertz CT molecular complexity index is 964. The summed E-state index contributed by atoms with van der Waals surface area (Å²) in [4.78, 5) is 0.885. The topological polar surface area (TPSA) is 95.6 Å². The number of hydrogen-bond donors (Lipinski definition) is 2. The predicted molar refractivity (Wildman–Crippen MR) is 101 cm³/mol. The van der Waals surface area contributed by atoms with Crippen LogP contribution < -0.4 is 10.0 Å². The monoisotopic (exact) mass is 403 g/mol. The fourth-order valence-electron chi connectivity index (χ4n) is 2.08. The summed E-state index contributed by atoms with van der Waals surface area (Å²) >= 11 is 1.15. The van der Waals surface area contributed by atoms with Gasteiger partial charge in [0.2, 0.25) is 10.0 Å². The van der Waals surface area contributed by atoms with Gasteiger partial charge in [0.25, 0.3) is 10.0 Å². The van der Waals surface area contributed by atoms with E-state index in [9.17, 15) is 16.8 Å². The van der Waals surface area contributed by atoms with Crippen LogP contribution in [0.4, 0.5) is 11.4 Å². The quantitative estimate of drug-likeness (QED) is 0.741. The maximum Gasteiger partial charge on any atom is 0.271 e. The van der Waals surface area contributed by atoms with Gasteiger partial charge in [-0.25, -0.2) is 21.1 Å². The summed E-state index contributed by atoms with van der Waals surface area (Å²) in [6.45, 7) is 4.25. The van der Waals surface area contributed by atoms with Crippen molar-refractivity contribution >= 4 is 42.8 Å². The number of anilines is 2. The van der Waals surface area contributed by atoms with E-state index in [1.54, 1.807) is 12.1 Å². The third kappa shape index (κ3) is 4.32. The van der Waals surface area contributed by atoms with Crippen molar-refractivity contribution < 1.29 is 16.8 Å². The summed E-state index contributed by atoms with van der Waals surface area (Å²) < 4.78 is 53.5. The first-order valence-corrected chi connectivity index (χ1v) is 11.2. The van der Waals surface area contributed by atoms with Crippen LogP contribution in [-0.2, 0) is 20.0 Å². The smallest absolute Gasteiger partial charge is 0.271 e. The molecule has 0 fully saturated rings. The summed E-state index contributed by atoms with van der Waals surface area (Å²) in [6.07, 6.45) is 0. The van der Waals surface area contributed by atoms with Crippen molar-refractivity contribution in [2.45, 2.75) is 23.0 Å². The number of thiophene rings is 1. The first kappa shape index (κ1) is 19.7. The molecule has 2 rings (SSSR count). The molecule has 0 amide bonds. The molecule has 0 aliphatic rings. The van der Waals surface area contributed by atoms with E-state index in [4.69, 9.17) is 0 Å². The van der Waals surface area contributed by atoms with E-state index in [0.29, 0.717) is 12.2 Å². The fraction of sp³-hybridized carbons (Fsp3) is 0.333. The lowest BCUT2D eigenvalue weighted by Gasteiger charge is -2.16. The van der Waals surface area contributed by atoms with E-state index in [0.717, 1.165) is 20.5 Å². The standard InChI is InChI=1S/C15H21N3O4S3/c1-5-16-13-8-7-12(25(21,22)18(3)4)10-14(13)17-24(19,20)15-9-6-11(2)23-15/h6-10,16-17H,5H2,1-4H3. The van der Waals surface area contributed by atoms with E-state index in [1.165, 1.54) is 32.3 Å². The van der Waals surface area contributed by atoms with E-state index < -0.39 is 20.0 Å². The Kier molecular flexibility index (Phi) is 5.77. The van der Waals surface area contributed by atoms with Crippen molar-refractivity contribution in [2.24, 2.45) is 0 Å². The summed E-state index contributed by atoms with van der Waals surface area (Å²) in [7, 11) is -4.62. The molecule has 0 radical (unpaired) electrons. The molecule has 1 heterocycles. The largest absolute Gasteiger partial charge is 0.384 e. The predicted octanol–water partition coefficient (Wildman–Crippen LogP) is 2.54. The zero-order valence-electron chi connectivity index (χ0n) is 14.4. The number of nitrogens with one attached hydrogen (secondary N) is 2. The van der Waals surface area contributed by atoms with Crippen molar-refractivity contribution in [1.29, 1.82) is 0 Å². The second kappa shape index (κ2) is 7.32. The molecule has 0 atom stereocenters. The van der Waals surface area contributed by atoms with E-state index >= 15 is 0 Å². The van der Waals surface area contributed by atoms with Gasteiger partial charge >= 0.3 is 0 Å². The first-order chi connectivity index (χ1) is 11.6. The molecule has 0 unspecified atom stereocenters. The molecule has 2 aromatic rings. The van der Waals surface area contributed by atoms with Crippen LogP contribution in [0.15, 0.2) is 39.4 Å². The molecule has 0 aliphatic carbocycles. The van der Waals surface area contributed by atoms with Gasteiger partial charge in [0.1, 0.15) is 4.21 Å². The molecule has 1 aromatic carbocycles. The molecule has 10 heteroatoms. The first-order valence-electron chi connectivity index (χ1n) is 7.47. The average Bonchev–Trinajstić information content (AvgIpc) is 2.96. The molecular formula is C15H21N3O4S3. The fourth-order valence-corrected chi connectivity index (χ4v) is 5.36. The lowest BCUT2D eigenvalue weighted by molar-refractivity contribution is 0.521. The van der Waals surface area contributed by atoms with Crippen molar-refractivity contribution in [3.63, 3.8) is 0 Å². The highest BCUT2D eigenvalue weighted by Crippen LogP contribution is 2.30. The molecule has 7 nitrogen and oxygen atoms in total. The molecule has 0 spiro atoms. The maximum atomic E-state index is 12.6. The van der Waals surface area contributed by atoms with Crippen molar-refractivity contribution in [2.75, 3.05) is 30.7 Å². The van der Waals surface area contributed by atoms with Gasteiger partial charge in [0.15, 0.2) is 0 Å². The third-order valence-corrected chi connectivity index (χ3v) is 8.03. The minimum absolute atomic E-state index is 0.0132. The maximum absolute atomic E-state index is 12.6. The molecule has 25 heavy (non-hydrogen) atoms. The Morgan fingerprint density at radius 1 is 1.04 bits per heavy atom. The zero-order chi connectivity index (χ0) is 18.8. The van der Waals surface area contributed by atoms with Crippen LogP contribution in [0.1, 0.15) is 11.8 Å². The van der Waals surface area contributed by atoms with E-state index in [-0.39, 0.29) is 14.8 Å². The molecule has 0 saturated carbocycles. The van der Waals surface area contributed by atoms with Gasteiger partial charge in [-0.1, -0.05) is 0 Å². The zero-order valence-corrected chi connectivity index (χ0v) is 16.8. The number of aryl methyl sites for hydroxylation is 1. The number of benzene rings is 1. The highest BCUT2D eigenvalue weighted by atomic mass is 32.2. The van der Waals surface area contributed by atoms with Crippen LogP contribution >= 0.6 is 11.3 Å². The van der Waals surface area contributed by atoms with Crippen LogP contribution in [0.5, 0.6) is 0 Å². The van der Waals surface area contributed by atoms with Gasteiger partial charge in [-0.2, -0.15) is 0 Å². The van der Waals surface area contributed by atoms with Gasteiger partial charge in [-0.15, -0.1) is 11.3 Å². The van der Waals surface area contributed by atoms with Gasteiger partial charge < -0.3 is 5.32 Å². The molecule has 0 aliphatic heterocycles. The van der Waals surface area contributed by atoms with Crippen LogP contribution in [0.3, 0.4) is 0 Å². The minimum atomic E-state index is -3.80. The highest BCUT2D eigenvalue weighted by Gasteiger charge is 2.22. The van der Waals surface area contributed by atoms with Crippen LogP contribution in [0.2, 0.25) is 0 Å². The normalized spacial score (nSPS) is 12.4. The number of nitrogens with zero attached hydrogens (tertiary/aromatic N) is 1. The van der Waals surface area contributed by atoms with Crippen LogP contribution in [0, 0.1) is 6.92 Å². The second-order valence-electron chi connectivity index (χ2n) is 5.50. The van der Waals surface area contributed by atoms with Gasteiger partial charge in [0.05, 0.1) is 16.3 Å². The average molecular weight is 404 g/mol. The Hall–Kier alpha value is -1.62. The number of sulfonamides is 2. The number of hydrogen-bond acceptors (Lipinski definition) is 6. The van der Waals surface area contributed by atoms with Gasteiger partial charge in [-0.3, -0.25) is 4.72 Å². The minimum Gasteiger partial charge on any atom is -0.384 e. The molecule has 1 aromatic heterocycles. The van der Waals surface area contributed by atoms with Crippen molar-refractivity contribution in [3.05, 3.63) is 35.2 Å². The van der Waals surface area contributed by atoms with Gasteiger partial charge in [0, 0.05) is 25.5 Å². The van der Waals surface area contributed by atoms with Crippen LogP contribution in [-0.4, -0.2) is 41.8 Å². The van der Waals surface area contributed by atoms with Crippen LogP contribution in [0.25, 0.3) is 0 Å². The molecule has 2 N–H and O–H groups in total. The Balaban J connectivity index is 2.50. The summed E-state index contributed by atoms with van der Waals surface area (Å²) in [5.41, 5.74) is 0.702. The number of rotatable bonds is 7. The van der Waals surface area contributed by atoms with Crippen molar-refractivity contribution in [3.8, 4) is 0 Å². The van der Waals surface area contributed by atoms with Crippen molar-refractivity contribution in [1.82, 2.24) is 4.31 Å². The second-order valence-corrected chi connectivity index (χ2v) is 10.8. The molecule has 0 saturated heterocycles. The molecule has 138 valence electrons. The highest BCUT2D eigenvalue weighted by molar-refractivity contribution is 7.94. The Morgan fingerprint density at radius 2 is 1.72 bits per heavy atom. The SMILES string of the molecule is CCNc1ccc(S(=O)(=O)N(C)C)cc1NS(=O)(=O)c1ccc(C)s1.